The van der Waals surface area contributed by atoms with Gasteiger partial charge in [-0.2, -0.15) is 0 Å². The van der Waals surface area contributed by atoms with Crippen LogP contribution in [0.5, 0.6) is 23.0 Å². The first-order chi connectivity index (χ1) is 17.4. The van der Waals surface area contributed by atoms with E-state index in [0.717, 1.165) is 25.1 Å². The van der Waals surface area contributed by atoms with Gasteiger partial charge in [0.25, 0.3) is 5.91 Å². The lowest BCUT2D eigenvalue weighted by Gasteiger charge is -2.15. The molecule has 0 unspecified atom stereocenters. The summed E-state index contributed by atoms with van der Waals surface area (Å²) in [4.78, 5) is 20.1. The fraction of sp³-hybridized carbons (Fsp3) is 0.192. The van der Waals surface area contributed by atoms with Crippen LogP contribution in [-0.4, -0.2) is 43.2 Å². The molecule has 0 saturated carbocycles. The van der Waals surface area contributed by atoms with Crippen molar-refractivity contribution in [3.8, 4) is 34.3 Å². The van der Waals surface area contributed by atoms with E-state index in [1.54, 1.807) is 12.1 Å². The van der Waals surface area contributed by atoms with Crippen LogP contribution in [0.15, 0.2) is 54.9 Å². The van der Waals surface area contributed by atoms with Gasteiger partial charge in [0.2, 0.25) is 0 Å². The van der Waals surface area contributed by atoms with E-state index < -0.39 is 23.3 Å². The van der Waals surface area contributed by atoms with Crippen LogP contribution in [0.2, 0.25) is 0 Å². The molecule has 36 heavy (non-hydrogen) atoms. The molecule has 0 aliphatic heterocycles. The van der Waals surface area contributed by atoms with E-state index in [9.17, 15) is 4.79 Å². The minimum absolute atomic E-state index is 0.0428. The number of methoxy groups -OCH3 is 1. The van der Waals surface area contributed by atoms with Gasteiger partial charge in [0, 0.05) is 29.4 Å². The molecule has 0 spiro atoms. The number of ether oxygens (including phenoxy) is 3. The lowest BCUT2D eigenvalue weighted by atomic mass is 10.0. The molecule has 4 rings (SSSR count). The van der Waals surface area contributed by atoms with Gasteiger partial charge in [0.1, 0.15) is 5.75 Å². The number of hydrogen-bond donors (Lipinski definition) is 2. The molecule has 2 aromatic carbocycles. The molecule has 4 aromatic rings. The molecule has 2 heterocycles. The summed E-state index contributed by atoms with van der Waals surface area (Å²) >= 11 is 0. The number of pyridine rings is 2. The number of rotatable bonds is 10. The van der Waals surface area contributed by atoms with Gasteiger partial charge in [0.15, 0.2) is 28.9 Å². The highest BCUT2D eigenvalue weighted by molar-refractivity contribution is 5.98. The molecule has 10 heteroatoms. The van der Waals surface area contributed by atoms with Crippen molar-refractivity contribution >= 4 is 16.8 Å². The van der Waals surface area contributed by atoms with Crippen LogP contribution in [0.25, 0.3) is 22.2 Å². The topological polar surface area (TPSA) is 109 Å². The van der Waals surface area contributed by atoms with Crippen LogP contribution in [0, 0.1) is 11.6 Å². The third-order valence-electron chi connectivity index (χ3n) is 5.37. The molecule has 8 nitrogen and oxygen atoms in total. The highest BCUT2D eigenvalue weighted by atomic mass is 19.1. The van der Waals surface area contributed by atoms with Crippen LogP contribution >= 0.6 is 0 Å². The summed E-state index contributed by atoms with van der Waals surface area (Å²) in [6, 6.07) is 9.83. The maximum atomic E-state index is 15.1. The summed E-state index contributed by atoms with van der Waals surface area (Å²) in [5.74, 6) is -2.25. The average molecular weight is 494 g/mol. The largest absolute Gasteiger partial charge is 0.493 e. The number of amides is 1. The molecule has 0 aliphatic carbocycles. The maximum Gasteiger partial charge on any atom is 0.250 e. The number of fused-ring (bicyclic) bond motifs is 1. The second kappa shape index (κ2) is 11.0. The smallest absolute Gasteiger partial charge is 0.250 e. The number of nitrogens with two attached hydrogens (primary N) is 1. The predicted molar refractivity (Wildman–Crippen MR) is 131 cm³/mol. The Morgan fingerprint density at radius 3 is 2.50 bits per heavy atom. The van der Waals surface area contributed by atoms with E-state index >= 15 is 8.78 Å². The number of carbonyl (C=O) groups is 1. The summed E-state index contributed by atoms with van der Waals surface area (Å²) in [6.45, 7) is 1.27. The lowest BCUT2D eigenvalue weighted by Crippen LogP contribution is -2.13. The first-order valence-electron chi connectivity index (χ1n) is 11.1. The van der Waals surface area contributed by atoms with E-state index in [0.29, 0.717) is 29.0 Å². The van der Waals surface area contributed by atoms with Crippen molar-refractivity contribution in [1.82, 2.24) is 15.3 Å². The van der Waals surface area contributed by atoms with Crippen molar-refractivity contribution in [2.24, 2.45) is 5.73 Å². The van der Waals surface area contributed by atoms with Gasteiger partial charge in [-0.25, -0.2) is 8.78 Å². The Kier molecular flexibility index (Phi) is 7.55. The predicted octanol–water partition coefficient (Wildman–Crippen LogP) is 4.46. The third-order valence-corrected chi connectivity index (χ3v) is 5.37. The van der Waals surface area contributed by atoms with E-state index in [1.165, 1.54) is 37.7 Å². The molecule has 3 N–H and O–H groups in total. The fourth-order valence-corrected chi connectivity index (χ4v) is 3.66. The van der Waals surface area contributed by atoms with E-state index in [1.807, 2.05) is 7.05 Å². The average Bonchev–Trinajstić information content (AvgIpc) is 2.88. The van der Waals surface area contributed by atoms with Crippen molar-refractivity contribution in [3.05, 3.63) is 72.1 Å². The van der Waals surface area contributed by atoms with Crippen molar-refractivity contribution in [3.63, 3.8) is 0 Å². The number of carbonyl (C=O) groups excluding carboxylic acids is 1. The van der Waals surface area contributed by atoms with Gasteiger partial charge in [-0.15, -0.1) is 0 Å². The van der Waals surface area contributed by atoms with Crippen molar-refractivity contribution in [1.29, 1.82) is 0 Å². The van der Waals surface area contributed by atoms with Gasteiger partial charge in [0.05, 0.1) is 30.5 Å². The molecule has 0 fully saturated rings. The molecule has 0 bridgehead atoms. The zero-order valence-electron chi connectivity index (χ0n) is 19.7. The van der Waals surface area contributed by atoms with Crippen molar-refractivity contribution in [2.45, 2.75) is 6.42 Å². The van der Waals surface area contributed by atoms with Crippen LogP contribution < -0.4 is 25.3 Å². The molecule has 0 aliphatic rings. The van der Waals surface area contributed by atoms with E-state index in [4.69, 9.17) is 19.9 Å². The van der Waals surface area contributed by atoms with Crippen molar-refractivity contribution in [2.75, 3.05) is 27.3 Å². The highest BCUT2D eigenvalue weighted by Gasteiger charge is 2.20. The maximum absolute atomic E-state index is 15.1. The molecule has 2 aromatic heterocycles. The number of benzene rings is 2. The Hall–Kier alpha value is -4.31. The van der Waals surface area contributed by atoms with E-state index in [2.05, 4.69) is 15.3 Å². The molecule has 0 saturated heterocycles. The standard InChI is InChI=1S/C26H24F2N4O4/c1-30-7-4-10-35-23-14-20-17(13-22(23)34-2)21(6-9-31-20)36-25-18(27)11-15(12-19(25)28)24-16(26(29)33)5-3-8-32-24/h3,5-6,8-9,11-14,30H,4,7,10H2,1-2H3,(H2,29,33). The molecule has 0 radical (unpaired) electrons. The molecule has 1 amide bonds. The first-order valence-corrected chi connectivity index (χ1v) is 11.1. The normalized spacial score (nSPS) is 10.9. The first kappa shape index (κ1) is 24.8. The SMILES string of the molecule is CNCCCOc1cc2nccc(Oc3c(F)cc(-c4ncccc4C(N)=O)cc3F)c2cc1OC. The second-order valence-corrected chi connectivity index (χ2v) is 7.77. The monoisotopic (exact) mass is 494 g/mol. The molecule has 0 atom stereocenters. The van der Waals surface area contributed by atoms with Gasteiger partial charge < -0.3 is 25.3 Å². The summed E-state index contributed by atoms with van der Waals surface area (Å²) < 4.78 is 47.0. The summed E-state index contributed by atoms with van der Waals surface area (Å²) in [5.41, 5.74) is 6.02. The number of primary amides is 1. The third kappa shape index (κ3) is 5.18. The zero-order chi connectivity index (χ0) is 25.7. The fourth-order valence-electron chi connectivity index (χ4n) is 3.66. The number of nitrogens with one attached hydrogen (secondary N) is 1. The lowest BCUT2D eigenvalue weighted by molar-refractivity contribution is 0.100. The summed E-state index contributed by atoms with van der Waals surface area (Å²) in [7, 11) is 3.35. The minimum atomic E-state index is -0.979. The van der Waals surface area contributed by atoms with Gasteiger partial charge in [-0.1, -0.05) is 0 Å². The number of hydrogen-bond acceptors (Lipinski definition) is 7. The Morgan fingerprint density at radius 1 is 1.03 bits per heavy atom. The Labute approximate surface area is 206 Å². The molecular formula is C26H24F2N4O4. The Bertz CT molecular complexity index is 1390. The number of aromatic nitrogens is 2. The second-order valence-electron chi connectivity index (χ2n) is 7.77. The van der Waals surface area contributed by atoms with Gasteiger partial charge >= 0.3 is 0 Å². The zero-order valence-corrected chi connectivity index (χ0v) is 19.7. The Balaban J connectivity index is 1.69. The van der Waals surface area contributed by atoms with Gasteiger partial charge in [-0.05, 0) is 56.4 Å². The van der Waals surface area contributed by atoms with Crippen molar-refractivity contribution < 1.29 is 27.8 Å². The quantitative estimate of drug-likeness (QED) is 0.313. The van der Waals surface area contributed by atoms with Crippen LogP contribution in [0.1, 0.15) is 16.8 Å². The number of nitrogens with zero attached hydrogens (tertiary/aromatic N) is 2. The van der Waals surface area contributed by atoms with E-state index in [-0.39, 0.29) is 22.6 Å². The molecule has 186 valence electrons. The van der Waals surface area contributed by atoms with Crippen LogP contribution in [0.4, 0.5) is 8.78 Å². The van der Waals surface area contributed by atoms with Gasteiger partial charge in [-0.3, -0.25) is 14.8 Å². The van der Waals surface area contributed by atoms with Crippen LogP contribution in [0.3, 0.4) is 0 Å². The summed E-state index contributed by atoms with van der Waals surface area (Å²) in [5, 5.41) is 3.52. The highest BCUT2D eigenvalue weighted by Crippen LogP contribution is 2.39. The Morgan fingerprint density at radius 2 is 1.81 bits per heavy atom. The van der Waals surface area contributed by atoms with Crippen LogP contribution in [-0.2, 0) is 0 Å². The minimum Gasteiger partial charge on any atom is -0.493 e. The summed E-state index contributed by atoms with van der Waals surface area (Å²) in [6.07, 6.45) is 3.66. The number of halogens is 2. The molecular weight excluding hydrogens is 470 g/mol.